The van der Waals surface area contributed by atoms with Gasteiger partial charge in [-0.05, 0) is 41.7 Å². The molecule has 0 heterocycles. The number of carbonyl (C=O) groups is 1. The average molecular weight is 213 g/mol. The van der Waals surface area contributed by atoms with Crippen LogP contribution in [0.25, 0.3) is 0 Å². The van der Waals surface area contributed by atoms with Crippen molar-refractivity contribution in [1.82, 2.24) is 5.32 Å². The summed E-state index contributed by atoms with van der Waals surface area (Å²) in [5.74, 6) is -0.327. The highest BCUT2D eigenvalue weighted by molar-refractivity contribution is 5.87. The van der Waals surface area contributed by atoms with E-state index in [-0.39, 0.29) is 11.5 Å². The van der Waals surface area contributed by atoms with Gasteiger partial charge in [-0.3, -0.25) is 0 Å². The van der Waals surface area contributed by atoms with Gasteiger partial charge >= 0.3 is 5.97 Å². The lowest BCUT2D eigenvalue weighted by Gasteiger charge is -2.34. The van der Waals surface area contributed by atoms with Gasteiger partial charge < -0.3 is 10.1 Å². The monoisotopic (exact) mass is 213 g/mol. The summed E-state index contributed by atoms with van der Waals surface area (Å²) >= 11 is 0. The molecule has 0 bridgehead atoms. The second-order valence-corrected chi connectivity index (χ2v) is 5.24. The summed E-state index contributed by atoms with van der Waals surface area (Å²) in [4.78, 5) is 11.4. The SMILES string of the molecule is C=C(C)C(=O)OC(C)(C)CC(C)(C)NC. The molecule has 0 aromatic carbocycles. The molecule has 0 atom stereocenters. The van der Waals surface area contributed by atoms with Crippen LogP contribution in [0.15, 0.2) is 12.2 Å². The highest BCUT2D eigenvalue weighted by Crippen LogP contribution is 2.23. The van der Waals surface area contributed by atoms with Crippen LogP contribution in [0.3, 0.4) is 0 Å². The van der Waals surface area contributed by atoms with E-state index in [9.17, 15) is 4.79 Å². The summed E-state index contributed by atoms with van der Waals surface area (Å²) in [6.45, 7) is 13.2. The summed E-state index contributed by atoms with van der Waals surface area (Å²) in [5, 5.41) is 3.19. The van der Waals surface area contributed by atoms with Crippen LogP contribution >= 0.6 is 0 Å². The van der Waals surface area contributed by atoms with Crippen molar-refractivity contribution in [3.05, 3.63) is 12.2 Å². The molecule has 0 spiro atoms. The zero-order valence-corrected chi connectivity index (χ0v) is 10.7. The summed E-state index contributed by atoms with van der Waals surface area (Å²) < 4.78 is 5.36. The molecule has 0 radical (unpaired) electrons. The fourth-order valence-electron chi connectivity index (χ4n) is 1.53. The van der Waals surface area contributed by atoms with E-state index in [1.807, 2.05) is 20.9 Å². The standard InChI is InChI=1S/C12H23NO2/c1-9(2)10(14)15-12(5,6)8-11(3,4)13-7/h13H,1,8H2,2-7H3. The molecule has 0 aliphatic carbocycles. The van der Waals surface area contributed by atoms with Gasteiger partial charge in [0, 0.05) is 17.5 Å². The number of hydrogen-bond acceptors (Lipinski definition) is 3. The van der Waals surface area contributed by atoms with E-state index in [0.29, 0.717) is 5.57 Å². The Bertz CT molecular complexity index is 254. The molecule has 0 aliphatic rings. The normalized spacial score (nSPS) is 12.4. The number of rotatable bonds is 5. The van der Waals surface area contributed by atoms with Gasteiger partial charge in [-0.15, -0.1) is 0 Å². The zero-order valence-electron chi connectivity index (χ0n) is 10.7. The van der Waals surface area contributed by atoms with Crippen molar-refractivity contribution < 1.29 is 9.53 Å². The molecular weight excluding hydrogens is 190 g/mol. The van der Waals surface area contributed by atoms with Crippen molar-refractivity contribution in [2.45, 2.75) is 52.2 Å². The molecule has 88 valence electrons. The molecule has 0 fully saturated rings. The van der Waals surface area contributed by atoms with Crippen LogP contribution in [0.2, 0.25) is 0 Å². The predicted octanol–water partition coefficient (Wildman–Crippen LogP) is 2.27. The Morgan fingerprint density at radius 3 is 2.13 bits per heavy atom. The van der Waals surface area contributed by atoms with Crippen molar-refractivity contribution in [1.29, 1.82) is 0 Å². The lowest BCUT2D eigenvalue weighted by atomic mass is 9.89. The number of carbonyl (C=O) groups excluding carboxylic acids is 1. The maximum Gasteiger partial charge on any atom is 0.333 e. The lowest BCUT2D eigenvalue weighted by molar-refractivity contribution is -0.153. The Morgan fingerprint density at radius 1 is 1.33 bits per heavy atom. The van der Waals surface area contributed by atoms with E-state index < -0.39 is 5.60 Å². The van der Waals surface area contributed by atoms with Gasteiger partial charge in [0.1, 0.15) is 5.60 Å². The van der Waals surface area contributed by atoms with Crippen molar-refractivity contribution in [3.63, 3.8) is 0 Å². The first-order valence-corrected chi connectivity index (χ1v) is 5.17. The number of nitrogens with one attached hydrogen (secondary N) is 1. The van der Waals surface area contributed by atoms with Crippen LogP contribution in [0, 0.1) is 0 Å². The second kappa shape index (κ2) is 4.79. The van der Waals surface area contributed by atoms with E-state index in [1.165, 1.54) is 0 Å². The van der Waals surface area contributed by atoms with E-state index in [4.69, 9.17) is 4.74 Å². The molecule has 0 unspecified atom stereocenters. The van der Waals surface area contributed by atoms with Crippen LogP contribution in [0.5, 0.6) is 0 Å². The molecule has 0 saturated carbocycles. The fraction of sp³-hybridized carbons (Fsp3) is 0.750. The van der Waals surface area contributed by atoms with Crippen LogP contribution in [0.1, 0.15) is 41.0 Å². The summed E-state index contributed by atoms with van der Waals surface area (Å²) in [5.41, 5.74) is -0.105. The van der Waals surface area contributed by atoms with Crippen LogP contribution < -0.4 is 5.32 Å². The van der Waals surface area contributed by atoms with Gasteiger partial charge in [-0.2, -0.15) is 0 Å². The zero-order chi connectivity index (χ0) is 12.3. The van der Waals surface area contributed by atoms with E-state index >= 15 is 0 Å². The second-order valence-electron chi connectivity index (χ2n) is 5.24. The minimum absolute atomic E-state index is 0.0567. The minimum atomic E-state index is -0.484. The van der Waals surface area contributed by atoms with Crippen LogP contribution in [-0.2, 0) is 9.53 Å². The van der Waals surface area contributed by atoms with E-state index in [0.717, 1.165) is 6.42 Å². The fourth-order valence-corrected chi connectivity index (χ4v) is 1.53. The Balaban J connectivity index is 4.43. The van der Waals surface area contributed by atoms with Crippen molar-refractivity contribution in [3.8, 4) is 0 Å². The quantitative estimate of drug-likeness (QED) is 0.562. The van der Waals surface area contributed by atoms with Crippen LogP contribution in [0.4, 0.5) is 0 Å². The Labute approximate surface area is 92.9 Å². The van der Waals surface area contributed by atoms with E-state index in [2.05, 4.69) is 25.7 Å². The molecule has 0 rings (SSSR count). The van der Waals surface area contributed by atoms with Crippen molar-refractivity contribution in [2.24, 2.45) is 0 Å². The Morgan fingerprint density at radius 2 is 1.80 bits per heavy atom. The summed E-state index contributed by atoms with van der Waals surface area (Å²) in [6, 6.07) is 0. The third kappa shape index (κ3) is 5.57. The van der Waals surface area contributed by atoms with Gasteiger partial charge in [0.2, 0.25) is 0 Å². The largest absolute Gasteiger partial charge is 0.456 e. The van der Waals surface area contributed by atoms with Gasteiger partial charge in [-0.1, -0.05) is 6.58 Å². The number of ether oxygens (including phenoxy) is 1. The first kappa shape index (κ1) is 14.2. The highest BCUT2D eigenvalue weighted by Gasteiger charge is 2.30. The maximum absolute atomic E-state index is 11.4. The Kier molecular flexibility index (Phi) is 4.53. The average Bonchev–Trinajstić information content (AvgIpc) is 2.01. The molecule has 3 nitrogen and oxygen atoms in total. The lowest BCUT2D eigenvalue weighted by Crippen LogP contribution is -2.44. The van der Waals surface area contributed by atoms with Gasteiger partial charge in [-0.25, -0.2) is 4.79 Å². The molecule has 15 heavy (non-hydrogen) atoms. The van der Waals surface area contributed by atoms with Crippen molar-refractivity contribution in [2.75, 3.05) is 7.05 Å². The molecule has 0 amide bonds. The first-order valence-electron chi connectivity index (χ1n) is 5.17. The Hall–Kier alpha value is -0.830. The van der Waals surface area contributed by atoms with E-state index in [1.54, 1.807) is 6.92 Å². The number of hydrogen-bond donors (Lipinski definition) is 1. The summed E-state index contributed by atoms with van der Waals surface area (Å²) in [7, 11) is 1.90. The molecule has 3 heteroatoms. The molecule has 1 N–H and O–H groups in total. The highest BCUT2D eigenvalue weighted by atomic mass is 16.6. The summed E-state index contributed by atoms with van der Waals surface area (Å²) in [6.07, 6.45) is 0.746. The molecule has 0 aromatic rings. The third-order valence-electron chi connectivity index (χ3n) is 2.26. The first-order chi connectivity index (χ1) is 6.59. The van der Waals surface area contributed by atoms with Crippen molar-refractivity contribution >= 4 is 5.97 Å². The van der Waals surface area contributed by atoms with Gasteiger partial charge in [0.05, 0.1) is 0 Å². The predicted molar refractivity (Wildman–Crippen MR) is 62.7 cm³/mol. The van der Waals surface area contributed by atoms with Gasteiger partial charge in [0.15, 0.2) is 0 Å². The smallest absolute Gasteiger partial charge is 0.333 e. The van der Waals surface area contributed by atoms with Gasteiger partial charge in [0.25, 0.3) is 0 Å². The molecule has 0 aliphatic heterocycles. The topological polar surface area (TPSA) is 38.3 Å². The van der Waals surface area contributed by atoms with Crippen LogP contribution in [-0.4, -0.2) is 24.2 Å². The molecular formula is C12H23NO2. The molecule has 0 saturated heterocycles. The third-order valence-corrected chi connectivity index (χ3v) is 2.26. The maximum atomic E-state index is 11.4. The number of esters is 1. The minimum Gasteiger partial charge on any atom is -0.456 e. The molecule has 0 aromatic heterocycles.